The van der Waals surface area contributed by atoms with E-state index in [1.807, 2.05) is 0 Å². The second-order valence-corrected chi connectivity index (χ2v) is 6.90. The Morgan fingerprint density at radius 3 is 2.63 bits per heavy atom. The molecule has 0 unspecified atom stereocenters. The van der Waals surface area contributed by atoms with E-state index in [0.717, 1.165) is 0 Å². The number of anilines is 1. The van der Waals surface area contributed by atoms with Gasteiger partial charge in [0.1, 0.15) is 17.1 Å². The summed E-state index contributed by atoms with van der Waals surface area (Å²) in [6, 6.07) is 2.17. The Kier molecular flexibility index (Phi) is 3.77. The second kappa shape index (κ2) is 5.81. The fraction of sp³-hybridized carbons (Fsp3) is 0.353. The zero-order valence-electron chi connectivity index (χ0n) is 14.1. The molecule has 3 N–H and O–H groups in total. The number of pyridine rings is 1. The van der Waals surface area contributed by atoms with E-state index in [1.165, 1.54) is 6.26 Å². The summed E-state index contributed by atoms with van der Waals surface area (Å²) in [5, 5.41) is 31.5. The molecule has 0 atom stereocenters. The number of rotatable bonds is 3. The van der Waals surface area contributed by atoms with Crippen molar-refractivity contribution in [1.82, 2.24) is 15.2 Å². The molecule has 3 aromatic heterocycles. The van der Waals surface area contributed by atoms with Crippen LogP contribution in [0, 0.1) is 0 Å². The van der Waals surface area contributed by atoms with Gasteiger partial charge in [-0.2, -0.15) is 13.2 Å². The van der Waals surface area contributed by atoms with Gasteiger partial charge in [-0.25, -0.2) is 4.98 Å². The molecule has 1 fully saturated rings. The Morgan fingerprint density at radius 2 is 2.00 bits per heavy atom. The lowest BCUT2D eigenvalue weighted by atomic mass is 9.77. The molecule has 142 valence electrons. The van der Waals surface area contributed by atoms with E-state index in [4.69, 9.17) is 4.42 Å². The van der Waals surface area contributed by atoms with Crippen LogP contribution in [0.25, 0.3) is 22.4 Å². The summed E-state index contributed by atoms with van der Waals surface area (Å²) in [5.41, 5.74) is -1.46. The van der Waals surface area contributed by atoms with Gasteiger partial charge in [-0.15, -0.1) is 10.2 Å². The Morgan fingerprint density at radius 1 is 1.26 bits per heavy atom. The molecule has 4 rings (SSSR count). The van der Waals surface area contributed by atoms with Crippen molar-refractivity contribution in [1.29, 1.82) is 0 Å². The third-order valence-electron chi connectivity index (χ3n) is 4.52. The van der Waals surface area contributed by atoms with Crippen molar-refractivity contribution in [2.45, 2.75) is 37.6 Å². The largest absolute Gasteiger partial charge is 0.506 e. The van der Waals surface area contributed by atoms with Crippen LogP contribution in [0.15, 0.2) is 29.0 Å². The maximum absolute atomic E-state index is 12.8. The molecule has 3 heterocycles. The summed E-state index contributed by atoms with van der Waals surface area (Å²) in [7, 11) is 0. The third kappa shape index (κ3) is 3.16. The van der Waals surface area contributed by atoms with E-state index in [9.17, 15) is 23.4 Å². The predicted molar refractivity (Wildman–Crippen MR) is 89.0 cm³/mol. The lowest BCUT2D eigenvalue weighted by molar-refractivity contribution is -0.137. The first kappa shape index (κ1) is 17.5. The van der Waals surface area contributed by atoms with Crippen LogP contribution >= 0.6 is 0 Å². The molecule has 0 bridgehead atoms. The second-order valence-electron chi connectivity index (χ2n) is 6.90. The van der Waals surface area contributed by atoms with E-state index in [0.29, 0.717) is 41.9 Å². The number of nitrogens with one attached hydrogen (secondary N) is 1. The van der Waals surface area contributed by atoms with Crippen molar-refractivity contribution in [2.24, 2.45) is 0 Å². The van der Waals surface area contributed by atoms with Crippen molar-refractivity contribution in [3.63, 3.8) is 0 Å². The standard InChI is InChI=1S/C17H15F3N4O3/c1-16(26)5-9(6-16)22-15-14-10(2-3-27-14)12(23-24-15)13-11(25)4-8(7-21-13)17(18,19)20/h2-4,7,9,25-26H,5-6H2,1H3,(H,22,24). The Bertz CT molecular complexity index is 1010. The van der Waals surface area contributed by atoms with E-state index in [2.05, 4.69) is 20.5 Å². The van der Waals surface area contributed by atoms with Gasteiger partial charge in [0.25, 0.3) is 0 Å². The van der Waals surface area contributed by atoms with Gasteiger partial charge in [-0.3, -0.25) is 0 Å². The Balaban J connectivity index is 1.70. The summed E-state index contributed by atoms with van der Waals surface area (Å²) >= 11 is 0. The molecule has 7 nitrogen and oxygen atoms in total. The highest BCUT2D eigenvalue weighted by molar-refractivity contribution is 5.96. The molecule has 0 aromatic carbocycles. The lowest BCUT2D eigenvalue weighted by Crippen LogP contribution is -2.48. The fourth-order valence-electron chi connectivity index (χ4n) is 3.24. The number of hydrogen-bond acceptors (Lipinski definition) is 7. The molecule has 0 saturated heterocycles. The zero-order valence-corrected chi connectivity index (χ0v) is 14.1. The average Bonchev–Trinajstić information content (AvgIpc) is 3.03. The molecule has 1 saturated carbocycles. The van der Waals surface area contributed by atoms with E-state index in [-0.39, 0.29) is 17.4 Å². The maximum Gasteiger partial charge on any atom is 0.418 e. The minimum atomic E-state index is -4.61. The van der Waals surface area contributed by atoms with Crippen LogP contribution in [0.4, 0.5) is 19.0 Å². The number of aromatic hydroxyl groups is 1. The van der Waals surface area contributed by atoms with Crippen molar-refractivity contribution in [3.8, 4) is 17.1 Å². The summed E-state index contributed by atoms with van der Waals surface area (Å²) in [6.07, 6.45) is -1.51. The van der Waals surface area contributed by atoms with Gasteiger partial charge in [0.15, 0.2) is 11.4 Å². The van der Waals surface area contributed by atoms with Gasteiger partial charge in [0.2, 0.25) is 0 Å². The van der Waals surface area contributed by atoms with Crippen molar-refractivity contribution >= 4 is 16.8 Å². The van der Waals surface area contributed by atoms with E-state index >= 15 is 0 Å². The van der Waals surface area contributed by atoms with Crippen LogP contribution in [0.2, 0.25) is 0 Å². The van der Waals surface area contributed by atoms with Crippen LogP contribution in [0.3, 0.4) is 0 Å². The van der Waals surface area contributed by atoms with Gasteiger partial charge in [0, 0.05) is 12.2 Å². The van der Waals surface area contributed by atoms with Crippen LogP contribution in [0.1, 0.15) is 25.3 Å². The monoisotopic (exact) mass is 380 g/mol. The van der Waals surface area contributed by atoms with Crippen LogP contribution in [-0.2, 0) is 6.18 Å². The molecule has 0 radical (unpaired) electrons. The molecule has 3 aromatic rings. The number of hydrogen-bond donors (Lipinski definition) is 3. The van der Waals surface area contributed by atoms with E-state index < -0.39 is 23.1 Å². The lowest BCUT2D eigenvalue weighted by Gasteiger charge is -2.41. The number of fused-ring (bicyclic) bond motifs is 1. The van der Waals surface area contributed by atoms with Gasteiger partial charge in [-0.05, 0) is 31.9 Å². The maximum atomic E-state index is 12.8. The van der Waals surface area contributed by atoms with Crippen LogP contribution < -0.4 is 5.32 Å². The summed E-state index contributed by atoms with van der Waals surface area (Å²) in [4.78, 5) is 3.71. The highest BCUT2D eigenvalue weighted by Crippen LogP contribution is 2.39. The number of halogens is 3. The highest BCUT2D eigenvalue weighted by atomic mass is 19.4. The third-order valence-corrected chi connectivity index (χ3v) is 4.52. The molecule has 0 aliphatic heterocycles. The predicted octanol–water partition coefficient (Wildman–Crippen LogP) is 3.33. The number of nitrogens with zero attached hydrogens (tertiary/aromatic N) is 3. The first-order chi connectivity index (χ1) is 12.6. The molecule has 1 aliphatic carbocycles. The normalized spacial score (nSPS) is 22.6. The minimum absolute atomic E-state index is 0.00560. The first-order valence-electron chi connectivity index (χ1n) is 8.13. The van der Waals surface area contributed by atoms with E-state index in [1.54, 1.807) is 13.0 Å². The zero-order chi connectivity index (χ0) is 19.4. The number of alkyl halides is 3. The van der Waals surface area contributed by atoms with Crippen LogP contribution in [0.5, 0.6) is 5.75 Å². The fourth-order valence-corrected chi connectivity index (χ4v) is 3.24. The van der Waals surface area contributed by atoms with Crippen LogP contribution in [-0.4, -0.2) is 37.0 Å². The molecule has 1 aliphatic rings. The summed E-state index contributed by atoms with van der Waals surface area (Å²) < 4.78 is 43.7. The molecule has 0 spiro atoms. The topological polar surface area (TPSA) is 104 Å². The summed E-state index contributed by atoms with van der Waals surface area (Å²) in [6.45, 7) is 1.74. The molecule has 10 heteroatoms. The smallest absolute Gasteiger partial charge is 0.418 e. The summed E-state index contributed by atoms with van der Waals surface area (Å²) in [5.74, 6) is -0.303. The first-order valence-corrected chi connectivity index (χ1v) is 8.13. The molecular weight excluding hydrogens is 365 g/mol. The Hall–Kier alpha value is -2.88. The number of aliphatic hydroxyl groups is 1. The van der Waals surface area contributed by atoms with Crippen molar-refractivity contribution < 1.29 is 27.8 Å². The van der Waals surface area contributed by atoms with Crippen molar-refractivity contribution in [3.05, 3.63) is 30.2 Å². The highest BCUT2D eigenvalue weighted by Gasteiger charge is 2.39. The quantitative estimate of drug-likeness (QED) is 0.640. The van der Waals surface area contributed by atoms with Gasteiger partial charge in [0.05, 0.1) is 22.8 Å². The van der Waals surface area contributed by atoms with Gasteiger partial charge < -0.3 is 19.9 Å². The molecular formula is C17H15F3N4O3. The van der Waals surface area contributed by atoms with Crippen molar-refractivity contribution in [2.75, 3.05) is 5.32 Å². The SMILES string of the molecule is CC1(O)CC(Nc2nnc(-c3ncc(C(F)(F)F)cc3O)c3ccoc23)C1. The van der Waals surface area contributed by atoms with Gasteiger partial charge >= 0.3 is 6.18 Å². The average molecular weight is 380 g/mol. The number of furan rings is 1. The van der Waals surface area contributed by atoms with Gasteiger partial charge in [-0.1, -0.05) is 0 Å². The minimum Gasteiger partial charge on any atom is -0.506 e. The Labute approximate surface area is 150 Å². The molecule has 27 heavy (non-hydrogen) atoms. The number of aromatic nitrogens is 3. The molecule has 0 amide bonds.